The van der Waals surface area contributed by atoms with Gasteiger partial charge in [-0.05, 0) is 42.0 Å². The Morgan fingerprint density at radius 3 is 2.62 bits per heavy atom. The molecule has 4 rings (SSSR count). The van der Waals surface area contributed by atoms with Gasteiger partial charge < -0.3 is 0 Å². The maximum absolute atomic E-state index is 13.0. The number of carbonyl (C=O) groups is 1. The monoisotopic (exact) mass is 343 g/mol. The van der Waals surface area contributed by atoms with E-state index in [0.717, 1.165) is 23.3 Å². The van der Waals surface area contributed by atoms with Crippen LogP contribution in [0.25, 0.3) is 0 Å². The van der Waals surface area contributed by atoms with Gasteiger partial charge in [0.1, 0.15) is 6.17 Å². The number of carbonyl (C=O) groups excluding carboxylic acids is 1. The highest BCUT2D eigenvalue weighted by molar-refractivity contribution is 6.30. The lowest BCUT2D eigenvalue weighted by Crippen LogP contribution is -2.52. The molecule has 1 aliphatic carbocycles. The number of hydrogen-bond acceptors (Lipinski definition) is 4. The largest absolute Gasteiger partial charge is 0.294 e. The number of nitrogens with one attached hydrogen (secondary N) is 2. The van der Waals surface area contributed by atoms with Crippen LogP contribution in [0.1, 0.15) is 45.2 Å². The molecule has 2 heterocycles. The highest BCUT2D eigenvalue weighted by Crippen LogP contribution is 2.47. The molecule has 0 saturated carbocycles. The first-order valence-electron chi connectivity index (χ1n) is 8.43. The summed E-state index contributed by atoms with van der Waals surface area (Å²) in [6.45, 7) is 6.40. The first kappa shape index (κ1) is 15.9. The van der Waals surface area contributed by atoms with E-state index in [9.17, 15) is 4.79 Å². The number of nitrogens with zero attached hydrogens (tertiary/aromatic N) is 1. The van der Waals surface area contributed by atoms with Crippen LogP contribution in [0.5, 0.6) is 0 Å². The molecule has 5 heteroatoms. The Labute approximate surface area is 147 Å². The van der Waals surface area contributed by atoms with Gasteiger partial charge in [0, 0.05) is 22.7 Å². The average Bonchev–Trinajstić information content (AvgIpc) is 2.87. The zero-order chi connectivity index (χ0) is 17.1. The van der Waals surface area contributed by atoms with Gasteiger partial charge in [-0.15, -0.1) is 0 Å². The van der Waals surface area contributed by atoms with Crippen LogP contribution in [0.3, 0.4) is 0 Å². The summed E-state index contributed by atoms with van der Waals surface area (Å²) in [5.74, 6) is 0.430. The number of ketones is 1. The molecule has 24 heavy (non-hydrogen) atoms. The Hall–Kier alpha value is -1.65. The van der Waals surface area contributed by atoms with Crippen molar-refractivity contribution in [1.29, 1.82) is 0 Å². The van der Waals surface area contributed by atoms with Crippen LogP contribution in [0.15, 0.2) is 40.5 Å². The Balaban J connectivity index is 1.85. The molecule has 2 N–H and O–H groups in total. The summed E-state index contributed by atoms with van der Waals surface area (Å²) in [7, 11) is 0. The molecular weight excluding hydrogens is 322 g/mol. The van der Waals surface area contributed by atoms with Crippen LogP contribution in [-0.4, -0.2) is 17.7 Å². The predicted octanol–water partition coefficient (Wildman–Crippen LogP) is 3.59. The highest BCUT2D eigenvalue weighted by Gasteiger charge is 2.47. The van der Waals surface area contributed by atoms with Crippen LogP contribution < -0.4 is 10.7 Å². The number of hydrazone groups is 1. The standard InChI is InChI=1S/C19H22ClN3O/c1-10-15-13-8-19(2,3)9-14(24)16(13)17(21-18(15)23-22-10)11-4-6-12(20)7-5-11/h4-7,15,17-18,21,23H,8-9H2,1-3H3. The Morgan fingerprint density at radius 2 is 1.92 bits per heavy atom. The summed E-state index contributed by atoms with van der Waals surface area (Å²) in [4.78, 5) is 13.0. The van der Waals surface area contributed by atoms with Crippen molar-refractivity contribution in [1.82, 2.24) is 10.7 Å². The van der Waals surface area contributed by atoms with Crippen molar-refractivity contribution in [3.63, 3.8) is 0 Å². The molecule has 0 spiro atoms. The summed E-state index contributed by atoms with van der Waals surface area (Å²) in [5, 5.41) is 8.72. The smallest absolute Gasteiger partial charge is 0.161 e. The molecule has 3 aliphatic rings. The van der Waals surface area contributed by atoms with E-state index in [1.807, 2.05) is 31.2 Å². The molecule has 2 aliphatic heterocycles. The van der Waals surface area contributed by atoms with Crippen LogP contribution in [0, 0.1) is 11.3 Å². The van der Waals surface area contributed by atoms with Gasteiger partial charge in [-0.2, -0.15) is 5.10 Å². The van der Waals surface area contributed by atoms with Crippen molar-refractivity contribution >= 4 is 23.1 Å². The molecular formula is C19H22ClN3O. The van der Waals surface area contributed by atoms with Crippen LogP contribution in [-0.2, 0) is 4.79 Å². The maximum atomic E-state index is 13.0. The van der Waals surface area contributed by atoms with Crippen molar-refractivity contribution in [2.75, 3.05) is 0 Å². The third-order valence-electron chi connectivity index (χ3n) is 5.33. The van der Waals surface area contributed by atoms with Gasteiger partial charge in [0.05, 0.1) is 12.0 Å². The Bertz CT molecular complexity index is 763. The molecule has 3 unspecified atom stereocenters. The molecule has 1 aromatic rings. The fourth-order valence-electron chi connectivity index (χ4n) is 4.33. The quantitative estimate of drug-likeness (QED) is 0.819. The van der Waals surface area contributed by atoms with Gasteiger partial charge in [-0.3, -0.25) is 15.5 Å². The van der Waals surface area contributed by atoms with E-state index in [4.69, 9.17) is 11.6 Å². The number of Topliss-reactive ketones (excluding diaryl/α,β-unsaturated/α-hetero) is 1. The van der Waals surface area contributed by atoms with Crippen molar-refractivity contribution in [2.24, 2.45) is 16.4 Å². The zero-order valence-electron chi connectivity index (χ0n) is 14.2. The maximum Gasteiger partial charge on any atom is 0.161 e. The third kappa shape index (κ3) is 2.49. The second kappa shape index (κ2) is 5.43. The molecule has 0 fully saturated rings. The zero-order valence-corrected chi connectivity index (χ0v) is 14.9. The molecule has 126 valence electrons. The second-order valence-corrected chi connectivity index (χ2v) is 8.31. The predicted molar refractivity (Wildman–Crippen MR) is 95.9 cm³/mol. The molecule has 0 aromatic heterocycles. The lowest BCUT2D eigenvalue weighted by atomic mass is 9.66. The molecule has 0 amide bonds. The van der Waals surface area contributed by atoms with E-state index < -0.39 is 0 Å². The summed E-state index contributed by atoms with van der Waals surface area (Å²) >= 11 is 6.03. The number of benzene rings is 1. The van der Waals surface area contributed by atoms with Gasteiger partial charge in [0.25, 0.3) is 0 Å². The van der Waals surface area contributed by atoms with E-state index in [0.29, 0.717) is 11.4 Å². The summed E-state index contributed by atoms with van der Waals surface area (Å²) in [5.41, 5.74) is 7.53. The van der Waals surface area contributed by atoms with E-state index in [1.165, 1.54) is 5.57 Å². The molecule has 3 atom stereocenters. The van der Waals surface area contributed by atoms with E-state index in [-0.39, 0.29) is 29.3 Å². The molecule has 0 radical (unpaired) electrons. The lowest BCUT2D eigenvalue weighted by Gasteiger charge is -2.43. The molecule has 1 aromatic carbocycles. The number of hydrogen-bond donors (Lipinski definition) is 2. The summed E-state index contributed by atoms with van der Waals surface area (Å²) < 4.78 is 0. The van der Waals surface area contributed by atoms with Gasteiger partial charge in [-0.25, -0.2) is 0 Å². The van der Waals surface area contributed by atoms with Crippen molar-refractivity contribution in [3.8, 4) is 0 Å². The SMILES string of the molecule is CC1=NNC2NC(c3ccc(Cl)cc3)C3=C(CC(C)(C)CC3=O)C12. The minimum atomic E-state index is -0.101. The lowest BCUT2D eigenvalue weighted by molar-refractivity contribution is -0.118. The van der Waals surface area contributed by atoms with Crippen LogP contribution >= 0.6 is 11.6 Å². The number of fused-ring (bicyclic) bond motifs is 2. The van der Waals surface area contributed by atoms with Crippen LogP contribution in [0.2, 0.25) is 5.02 Å². The van der Waals surface area contributed by atoms with E-state index >= 15 is 0 Å². The summed E-state index contributed by atoms with van der Waals surface area (Å²) in [6.07, 6.45) is 1.58. The highest BCUT2D eigenvalue weighted by atomic mass is 35.5. The first-order valence-corrected chi connectivity index (χ1v) is 8.81. The first-order chi connectivity index (χ1) is 11.4. The van der Waals surface area contributed by atoms with Crippen molar-refractivity contribution in [3.05, 3.63) is 46.0 Å². The fraction of sp³-hybridized carbons (Fsp3) is 0.474. The van der Waals surface area contributed by atoms with Gasteiger partial charge in [-0.1, -0.05) is 37.6 Å². The van der Waals surface area contributed by atoms with Crippen molar-refractivity contribution < 1.29 is 4.79 Å². The number of rotatable bonds is 1. The molecule has 4 nitrogen and oxygen atoms in total. The molecule has 0 bridgehead atoms. The van der Waals surface area contributed by atoms with E-state index in [1.54, 1.807) is 0 Å². The van der Waals surface area contributed by atoms with Crippen LogP contribution in [0.4, 0.5) is 0 Å². The van der Waals surface area contributed by atoms with Gasteiger partial charge in [0.2, 0.25) is 0 Å². The average molecular weight is 344 g/mol. The fourth-order valence-corrected chi connectivity index (χ4v) is 4.46. The minimum absolute atomic E-state index is 0.00518. The summed E-state index contributed by atoms with van der Waals surface area (Å²) in [6, 6.07) is 7.66. The minimum Gasteiger partial charge on any atom is -0.294 e. The third-order valence-corrected chi connectivity index (χ3v) is 5.58. The Morgan fingerprint density at radius 1 is 1.21 bits per heavy atom. The van der Waals surface area contributed by atoms with Gasteiger partial charge in [0.15, 0.2) is 5.78 Å². The second-order valence-electron chi connectivity index (χ2n) is 7.87. The number of halogens is 1. The van der Waals surface area contributed by atoms with E-state index in [2.05, 4.69) is 29.7 Å². The normalized spacial score (nSPS) is 31.2. The van der Waals surface area contributed by atoms with Gasteiger partial charge >= 0.3 is 0 Å². The van der Waals surface area contributed by atoms with Crippen molar-refractivity contribution in [2.45, 2.75) is 45.8 Å². The molecule has 0 saturated heterocycles. The topological polar surface area (TPSA) is 53.5 Å². The Kier molecular flexibility index (Phi) is 3.59.